The van der Waals surface area contributed by atoms with E-state index in [1.54, 1.807) is 0 Å². The molecule has 0 N–H and O–H groups in total. The lowest BCUT2D eigenvalue weighted by molar-refractivity contribution is 0.112. The van der Waals surface area contributed by atoms with Gasteiger partial charge in [0.15, 0.2) is 12.1 Å². The van der Waals surface area contributed by atoms with Crippen LogP contribution in [0, 0.1) is 0 Å². The van der Waals surface area contributed by atoms with Crippen molar-refractivity contribution in [2.45, 2.75) is 0 Å². The molecule has 2 aromatic carbocycles. The van der Waals surface area contributed by atoms with Crippen molar-refractivity contribution in [1.29, 1.82) is 0 Å². The summed E-state index contributed by atoms with van der Waals surface area (Å²) in [4.78, 5) is 17.7. The first-order valence-electron chi connectivity index (χ1n) is 8.01. The summed E-state index contributed by atoms with van der Waals surface area (Å²) in [6.45, 7) is 0. The zero-order valence-corrected chi connectivity index (χ0v) is 14.5. The Morgan fingerprint density at radius 3 is 2.12 bits per heavy atom. The average molecular weight is 344 g/mol. The number of hydrogen-bond donors (Lipinski definition) is 0. The number of benzene rings is 2. The predicted octanol–water partition coefficient (Wildman–Crippen LogP) is 5.30. The van der Waals surface area contributed by atoms with Crippen LogP contribution in [0.3, 0.4) is 0 Å². The van der Waals surface area contributed by atoms with E-state index in [4.69, 9.17) is 4.98 Å². The van der Waals surface area contributed by atoms with Gasteiger partial charge in [0.25, 0.3) is 0 Å². The first kappa shape index (κ1) is 15.5. The SMILES string of the molecule is Cn1c(-c2ccc(C=O)s2)nc(-c2ccccc2)c1-c1ccccc1. The molecule has 0 radical (unpaired) electrons. The van der Waals surface area contributed by atoms with Crippen molar-refractivity contribution < 1.29 is 4.79 Å². The first-order chi connectivity index (χ1) is 12.3. The predicted molar refractivity (Wildman–Crippen MR) is 103 cm³/mol. The van der Waals surface area contributed by atoms with E-state index in [2.05, 4.69) is 28.8 Å². The number of thiophene rings is 1. The zero-order valence-electron chi connectivity index (χ0n) is 13.7. The quantitative estimate of drug-likeness (QED) is 0.471. The van der Waals surface area contributed by atoms with Crippen molar-refractivity contribution in [1.82, 2.24) is 9.55 Å². The fourth-order valence-electron chi connectivity index (χ4n) is 2.98. The van der Waals surface area contributed by atoms with Gasteiger partial charge in [-0.3, -0.25) is 4.79 Å². The molecular formula is C21H16N2OS. The highest BCUT2D eigenvalue weighted by molar-refractivity contribution is 7.17. The van der Waals surface area contributed by atoms with E-state index in [-0.39, 0.29) is 0 Å². The monoisotopic (exact) mass is 344 g/mol. The van der Waals surface area contributed by atoms with Crippen LogP contribution in [0.25, 0.3) is 33.2 Å². The molecule has 25 heavy (non-hydrogen) atoms. The van der Waals surface area contributed by atoms with Gasteiger partial charge in [0.05, 0.1) is 21.1 Å². The molecule has 0 bridgehead atoms. The maximum atomic E-state index is 11.0. The lowest BCUT2D eigenvalue weighted by Gasteiger charge is -2.07. The molecule has 0 unspecified atom stereocenters. The van der Waals surface area contributed by atoms with Gasteiger partial charge in [0.2, 0.25) is 0 Å². The highest BCUT2D eigenvalue weighted by Crippen LogP contribution is 2.37. The lowest BCUT2D eigenvalue weighted by Crippen LogP contribution is -1.94. The minimum Gasteiger partial charge on any atom is -0.326 e. The Hall–Kier alpha value is -2.98. The minimum atomic E-state index is 0.709. The van der Waals surface area contributed by atoms with E-state index in [1.165, 1.54) is 11.3 Å². The van der Waals surface area contributed by atoms with Crippen LogP contribution in [0.4, 0.5) is 0 Å². The number of aromatic nitrogens is 2. The van der Waals surface area contributed by atoms with E-state index in [9.17, 15) is 4.79 Å². The first-order valence-corrected chi connectivity index (χ1v) is 8.82. The van der Waals surface area contributed by atoms with Crippen molar-refractivity contribution >= 4 is 17.6 Å². The molecule has 2 aromatic heterocycles. The van der Waals surface area contributed by atoms with Crippen molar-refractivity contribution in [3.63, 3.8) is 0 Å². The molecule has 0 spiro atoms. The van der Waals surface area contributed by atoms with Crippen LogP contribution in [0.1, 0.15) is 9.67 Å². The molecule has 0 amide bonds. The number of rotatable bonds is 4. The van der Waals surface area contributed by atoms with E-state index >= 15 is 0 Å². The van der Waals surface area contributed by atoms with Crippen LogP contribution in [0.2, 0.25) is 0 Å². The van der Waals surface area contributed by atoms with Gasteiger partial charge in [-0.2, -0.15) is 0 Å². The second-order valence-corrected chi connectivity index (χ2v) is 6.86. The number of carbonyl (C=O) groups is 1. The van der Waals surface area contributed by atoms with Gasteiger partial charge in [0, 0.05) is 18.2 Å². The summed E-state index contributed by atoms with van der Waals surface area (Å²) in [5.41, 5.74) is 4.22. The second-order valence-electron chi connectivity index (χ2n) is 5.74. The van der Waals surface area contributed by atoms with Crippen molar-refractivity contribution in [3.05, 3.63) is 77.7 Å². The molecular weight excluding hydrogens is 328 g/mol. The molecule has 0 aliphatic heterocycles. The third-order valence-electron chi connectivity index (χ3n) is 4.15. The summed E-state index contributed by atoms with van der Waals surface area (Å²) < 4.78 is 2.11. The fraction of sp³-hybridized carbons (Fsp3) is 0.0476. The summed E-state index contributed by atoms with van der Waals surface area (Å²) in [6, 6.07) is 24.3. The van der Waals surface area contributed by atoms with Crippen molar-refractivity contribution in [2.75, 3.05) is 0 Å². The van der Waals surface area contributed by atoms with Gasteiger partial charge < -0.3 is 4.57 Å². The number of carbonyl (C=O) groups excluding carboxylic acids is 1. The molecule has 4 aromatic rings. The molecule has 4 heteroatoms. The molecule has 4 rings (SSSR count). The Balaban J connectivity index is 1.96. The molecule has 0 fully saturated rings. The number of aldehydes is 1. The summed E-state index contributed by atoms with van der Waals surface area (Å²) in [6.07, 6.45) is 0.882. The highest BCUT2D eigenvalue weighted by atomic mass is 32.1. The van der Waals surface area contributed by atoms with E-state index < -0.39 is 0 Å². The Bertz CT molecular complexity index is 1020. The third kappa shape index (κ3) is 2.81. The summed E-state index contributed by atoms with van der Waals surface area (Å²) in [5.74, 6) is 0.871. The molecule has 2 heterocycles. The Kier molecular flexibility index (Phi) is 4.04. The normalized spacial score (nSPS) is 10.8. The molecule has 0 saturated carbocycles. The average Bonchev–Trinajstić information content (AvgIpc) is 3.27. The molecule has 3 nitrogen and oxygen atoms in total. The molecule has 0 saturated heterocycles. The van der Waals surface area contributed by atoms with Crippen LogP contribution in [-0.4, -0.2) is 15.8 Å². The summed E-state index contributed by atoms with van der Waals surface area (Å²) in [7, 11) is 2.03. The van der Waals surface area contributed by atoms with Gasteiger partial charge in [0.1, 0.15) is 0 Å². The lowest BCUT2D eigenvalue weighted by atomic mass is 10.1. The minimum absolute atomic E-state index is 0.709. The van der Waals surface area contributed by atoms with Gasteiger partial charge in [-0.1, -0.05) is 60.7 Å². The smallest absolute Gasteiger partial charge is 0.160 e. The van der Waals surface area contributed by atoms with Crippen LogP contribution in [-0.2, 0) is 7.05 Å². The van der Waals surface area contributed by atoms with Gasteiger partial charge in [-0.25, -0.2) is 4.98 Å². The molecule has 0 aliphatic rings. The number of imidazole rings is 1. The standard InChI is InChI=1S/C21H16N2OS/c1-23-20(16-10-6-3-7-11-16)19(15-8-4-2-5-9-15)22-21(23)18-13-12-17(14-24)25-18/h2-14H,1H3. The zero-order chi connectivity index (χ0) is 17.2. The highest BCUT2D eigenvalue weighted by Gasteiger charge is 2.19. The number of hydrogen-bond acceptors (Lipinski definition) is 3. The Morgan fingerprint density at radius 1 is 0.880 bits per heavy atom. The molecule has 0 atom stereocenters. The van der Waals surface area contributed by atoms with Crippen LogP contribution >= 0.6 is 11.3 Å². The largest absolute Gasteiger partial charge is 0.326 e. The Labute approximate surface area is 150 Å². The Morgan fingerprint density at radius 2 is 1.52 bits per heavy atom. The van der Waals surface area contributed by atoms with Gasteiger partial charge in [-0.05, 0) is 12.1 Å². The van der Waals surface area contributed by atoms with Gasteiger partial charge >= 0.3 is 0 Å². The maximum Gasteiger partial charge on any atom is 0.160 e. The second kappa shape index (κ2) is 6.49. The van der Waals surface area contributed by atoms with E-state index in [1.807, 2.05) is 55.6 Å². The third-order valence-corrected chi connectivity index (χ3v) is 5.16. The summed E-state index contributed by atoms with van der Waals surface area (Å²) in [5, 5.41) is 0. The molecule has 0 aliphatic carbocycles. The summed E-state index contributed by atoms with van der Waals surface area (Å²) >= 11 is 1.46. The van der Waals surface area contributed by atoms with Gasteiger partial charge in [-0.15, -0.1) is 11.3 Å². The van der Waals surface area contributed by atoms with Crippen LogP contribution in [0.5, 0.6) is 0 Å². The van der Waals surface area contributed by atoms with Crippen LogP contribution in [0.15, 0.2) is 72.8 Å². The van der Waals surface area contributed by atoms with Crippen molar-refractivity contribution in [2.24, 2.45) is 7.05 Å². The van der Waals surface area contributed by atoms with E-state index in [0.717, 1.165) is 39.5 Å². The number of nitrogens with zero attached hydrogens (tertiary/aromatic N) is 2. The topological polar surface area (TPSA) is 34.9 Å². The fourth-order valence-corrected chi connectivity index (χ4v) is 3.83. The van der Waals surface area contributed by atoms with E-state index in [0.29, 0.717) is 4.88 Å². The van der Waals surface area contributed by atoms with Crippen molar-refractivity contribution in [3.8, 4) is 33.2 Å². The van der Waals surface area contributed by atoms with Crippen LogP contribution < -0.4 is 0 Å². The molecule has 122 valence electrons. The maximum absolute atomic E-state index is 11.0.